The summed E-state index contributed by atoms with van der Waals surface area (Å²) in [5, 5.41) is 1.69. The van der Waals surface area contributed by atoms with Crippen LogP contribution < -0.4 is 5.30 Å². The molecule has 0 spiro atoms. The van der Waals surface area contributed by atoms with Gasteiger partial charge < -0.3 is 0 Å². The van der Waals surface area contributed by atoms with E-state index < -0.39 is 16.1 Å². The van der Waals surface area contributed by atoms with Crippen molar-refractivity contribution in [3.8, 4) is 0 Å². The molecule has 0 aromatic heterocycles. The number of rotatable bonds is 2. The molecule has 0 saturated carbocycles. The molecule has 0 atom stereocenters. The van der Waals surface area contributed by atoms with E-state index in [9.17, 15) is 0 Å². The quantitative estimate of drug-likeness (QED) is 0.442. The molecule has 3 heterocycles. The third kappa shape index (κ3) is 2.26. The van der Waals surface area contributed by atoms with Gasteiger partial charge in [0.25, 0.3) is 0 Å². The van der Waals surface area contributed by atoms with Crippen LogP contribution in [0.4, 0.5) is 0 Å². The van der Waals surface area contributed by atoms with Crippen LogP contribution in [-0.4, -0.2) is 16.1 Å². The molecule has 4 rings (SSSR count). The first-order valence-corrected chi connectivity index (χ1v) is 16.7. The molecule has 1 aromatic carbocycles. The van der Waals surface area contributed by atoms with Crippen LogP contribution in [-0.2, 0) is 0 Å². The van der Waals surface area contributed by atoms with Crippen molar-refractivity contribution in [1.29, 1.82) is 0 Å². The summed E-state index contributed by atoms with van der Waals surface area (Å²) in [5.74, 6) is 0.576. The van der Waals surface area contributed by atoms with E-state index in [0.717, 1.165) is 0 Å². The Hall–Kier alpha value is -0.436. The van der Waals surface area contributed by atoms with Gasteiger partial charge in [-0.25, -0.2) is 0 Å². The van der Waals surface area contributed by atoms with Gasteiger partial charge in [0.1, 0.15) is 0 Å². The number of hydrogen-bond acceptors (Lipinski definition) is 0. The number of allylic oxidation sites excluding steroid dienone is 2. The Morgan fingerprint density at radius 1 is 0.773 bits per heavy atom. The SMILES string of the molecule is CC1=C([Si](C)(C)C)P2C([Si](C)(C)C)=C(C)C1c1ccccc12. The van der Waals surface area contributed by atoms with E-state index in [1.54, 1.807) is 22.0 Å². The lowest BCUT2D eigenvalue weighted by molar-refractivity contribution is 0.907. The first kappa shape index (κ1) is 16.4. The summed E-state index contributed by atoms with van der Waals surface area (Å²) in [6.07, 6.45) is 0. The van der Waals surface area contributed by atoms with Crippen molar-refractivity contribution < 1.29 is 0 Å². The van der Waals surface area contributed by atoms with Crippen molar-refractivity contribution >= 4 is 29.4 Å². The first-order chi connectivity index (χ1) is 10.0. The normalized spacial score (nSPS) is 24.9. The summed E-state index contributed by atoms with van der Waals surface area (Å²) in [5.41, 5.74) is 5.04. The fourth-order valence-electron chi connectivity index (χ4n) is 4.56. The third-order valence-electron chi connectivity index (χ3n) is 4.97. The van der Waals surface area contributed by atoms with Gasteiger partial charge in [0, 0.05) is 5.92 Å². The van der Waals surface area contributed by atoms with Gasteiger partial charge in [0.15, 0.2) is 0 Å². The molecule has 3 aliphatic rings. The largest absolute Gasteiger partial charge is 0.0789 e. The van der Waals surface area contributed by atoms with Gasteiger partial charge in [-0.3, -0.25) is 0 Å². The summed E-state index contributed by atoms with van der Waals surface area (Å²) in [6.45, 7) is 20.2. The Balaban J connectivity index is 2.35. The Bertz CT molecular complexity index is 661. The standard InChI is InChI=1S/C19H29PSi2/c1-13-17-14(2)19(22(6,7)8)20(18(13)21(3,4)5)16-12-10-9-11-15(16)17/h9-12,17H,1-8H3. The Kier molecular flexibility index (Phi) is 3.75. The van der Waals surface area contributed by atoms with E-state index in [1.165, 1.54) is 0 Å². The topological polar surface area (TPSA) is 0 Å². The molecule has 3 aliphatic heterocycles. The van der Waals surface area contributed by atoms with Gasteiger partial charge in [-0.1, -0.05) is 84.6 Å². The molecule has 0 aliphatic carbocycles. The lowest BCUT2D eigenvalue weighted by Gasteiger charge is -2.50. The Labute approximate surface area is 139 Å². The van der Waals surface area contributed by atoms with Gasteiger partial charge in [-0.05, 0) is 32.6 Å². The zero-order chi connectivity index (χ0) is 16.4. The van der Waals surface area contributed by atoms with Crippen molar-refractivity contribution in [2.75, 3.05) is 0 Å². The third-order valence-corrected chi connectivity index (χ3v) is 16.5. The molecule has 0 amide bonds. The predicted octanol–water partition coefficient (Wildman–Crippen LogP) is 6.21. The number of hydrogen-bond donors (Lipinski definition) is 0. The summed E-state index contributed by atoms with van der Waals surface area (Å²) >= 11 is 0. The lowest BCUT2D eigenvalue weighted by Crippen LogP contribution is -2.40. The summed E-state index contributed by atoms with van der Waals surface area (Å²) < 4.78 is 0. The van der Waals surface area contributed by atoms with Gasteiger partial charge in [0.2, 0.25) is 0 Å². The Morgan fingerprint density at radius 2 is 1.23 bits per heavy atom. The summed E-state index contributed by atoms with van der Waals surface area (Å²) in [6, 6.07) is 9.33. The highest BCUT2D eigenvalue weighted by Gasteiger charge is 2.47. The summed E-state index contributed by atoms with van der Waals surface area (Å²) in [4.78, 5) is 3.79. The van der Waals surface area contributed by atoms with Crippen LogP contribution >= 0.6 is 7.92 Å². The van der Waals surface area contributed by atoms with E-state index >= 15 is 0 Å². The highest BCUT2D eigenvalue weighted by molar-refractivity contribution is 7.80. The first-order valence-electron chi connectivity index (χ1n) is 8.36. The maximum atomic E-state index is 2.55. The minimum absolute atomic E-state index is 0.218. The van der Waals surface area contributed by atoms with Crippen LogP contribution in [0.15, 0.2) is 45.3 Å². The fourth-order valence-corrected chi connectivity index (χ4v) is 16.7. The summed E-state index contributed by atoms with van der Waals surface area (Å²) in [7, 11) is -2.81. The predicted molar refractivity (Wildman–Crippen MR) is 108 cm³/mol. The van der Waals surface area contributed by atoms with Crippen LogP contribution in [0.25, 0.3) is 0 Å². The van der Waals surface area contributed by atoms with Gasteiger partial charge >= 0.3 is 0 Å². The van der Waals surface area contributed by atoms with Gasteiger partial charge in [0.05, 0.1) is 16.1 Å². The molecular weight excluding hydrogens is 315 g/mol. The van der Waals surface area contributed by atoms with Crippen LogP contribution in [0.5, 0.6) is 0 Å². The van der Waals surface area contributed by atoms with Crippen molar-refractivity contribution in [2.45, 2.75) is 59.0 Å². The maximum Gasteiger partial charge on any atom is 0.0789 e. The molecule has 0 radical (unpaired) electrons. The fraction of sp³-hybridized carbons (Fsp3) is 0.474. The zero-order valence-corrected chi connectivity index (χ0v) is 18.2. The zero-order valence-electron chi connectivity index (χ0n) is 15.3. The van der Waals surface area contributed by atoms with Gasteiger partial charge in [-0.15, -0.1) is 0 Å². The average molecular weight is 345 g/mol. The van der Waals surface area contributed by atoms with E-state index in [1.807, 2.05) is 9.87 Å². The molecule has 0 fully saturated rings. The van der Waals surface area contributed by atoms with Gasteiger partial charge in [-0.2, -0.15) is 0 Å². The second-order valence-corrected chi connectivity index (χ2v) is 21.8. The second-order valence-electron chi connectivity index (χ2n) is 8.89. The lowest BCUT2D eigenvalue weighted by atomic mass is 9.86. The smallest absolute Gasteiger partial charge is 0.0656 e. The van der Waals surface area contributed by atoms with E-state index in [-0.39, 0.29) is 7.92 Å². The van der Waals surface area contributed by atoms with Crippen molar-refractivity contribution in [3.63, 3.8) is 0 Å². The van der Waals surface area contributed by atoms with E-state index in [0.29, 0.717) is 5.92 Å². The van der Waals surface area contributed by atoms with Crippen LogP contribution in [0.3, 0.4) is 0 Å². The van der Waals surface area contributed by atoms with Crippen LogP contribution in [0.2, 0.25) is 39.3 Å². The molecule has 0 saturated heterocycles. The molecule has 0 unspecified atom stereocenters. The monoisotopic (exact) mass is 344 g/mol. The van der Waals surface area contributed by atoms with Crippen molar-refractivity contribution in [1.82, 2.24) is 0 Å². The van der Waals surface area contributed by atoms with Crippen molar-refractivity contribution in [3.05, 3.63) is 50.9 Å². The Morgan fingerprint density at radius 3 is 1.68 bits per heavy atom. The average Bonchev–Trinajstić information content (AvgIpc) is 2.35. The van der Waals surface area contributed by atoms with Crippen LogP contribution in [0.1, 0.15) is 25.3 Å². The minimum Gasteiger partial charge on any atom is -0.0656 e. The molecule has 2 bridgehead atoms. The second kappa shape index (κ2) is 5.03. The molecule has 22 heavy (non-hydrogen) atoms. The molecule has 1 aromatic rings. The van der Waals surface area contributed by atoms with E-state index in [2.05, 4.69) is 77.4 Å². The number of benzene rings is 1. The molecule has 3 heteroatoms. The highest BCUT2D eigenvalue weighted by Crippen LogP contribution is 2.69. The molecule has 118 valence electrons. The minimum atomic E-state index is -1.30. The van der Waals surface area contributed by atoms with E-state index in [4.69, 9.17) is 0 Å². The van der Waals surface area contributed by atoms with Crippen molar-refractivity contribution in [2.24, 2.45) is 0 Å². The maximum absolute atomic E-state index is 2.55. The molecular formula is C19H29PSi2. The van der Waals surface area contributed by atoms with Crippen LogP contribution in [0, 0.1) is 0 Å². The highest BCUT2D eigenvalue weighted by atomic mass is 31.1. The molecule has 0 nitrogen and oxygen atoms in total. The molecule has 0 N–H and O–H groups in total.